The Hall–Kier alpha value is -12.3. The monoisotopic (exact) mass is 1860 g/mol. The van der Waals surface area contributed by atoms with Gasteiger partial charge in [0, 0.05) is 58.7 Å². The summed E-state index contributed by atoms with van der Waals surface area (Å²) in [6, 6.07) is 1.14. The number of carboxylic acid groups (broad SMARTS) is 1. The van der Waals surface area contributed by atoms with Crippen LogP contribution >= 0.6 is 0 Å². The van der Waals surface area contributed by atoms with E-state index in [0.717, 1.165) is 11.8 Å². The molecule has 0 bridgehead atoms. The SMILES string of the molecule is CC[C@H](C)[C@H](NC(=O)C(C)(C)NC(=O)[C@H](CCC(N)=O)NC(=O)[C@](C)(CC)NC(=O)[C@H](Cc1ccccc1)NC(C)=O)C(=O)N[C@H](C(=O)NC(C)(C)C(=O)N[C@@H](CC(C)C)C(=O)NC(C)(C)C(=O)N1CCC[C@H]1C(=O)N[C@@H](CCC(N)=O)C(=O)NC(C)(C)C(=O)N1CC(O)C[C@H]1C(=O)NC(C)(C)C(=O)N1CCC[C@H]1C(=O)N[C@@H](Cc1ccccc1)C(=O)N[C@@H](CO)C(=O)O)[C@@H](C)O. The summed E-state index contributed by atoms with van der Waals surface area (Å²) in [7, 11) is 0. The van der Waals surface area contributed by atoms with Crippen LogP contribution in [0.5, 0.6) is 0 Å². The summed E-state index contributed by atoms with van der Waals surface area (Å²) in [5.74, 6) is -19.4. The molecule has 0 saturated carbocycles. The van der Waals surface area contributed by atoms with Gasteiger partial charge >= 0.3 is 5.97 Å². The summed E-state index contributed by atoms with van der Waals surface area (Å²) >= 11 is 0. The lowest BCUT2D eigenvalue weighted by molar-refractivity contribution is -0.148. The number of aliphatic hydroxyl groups is 3. The number of likely N-dealkylation sites (tertiary alicyclic amines) is 3. The van der Waals surface area contributed by atoms with Crippen molar-refractivity contribution in [2.75, 3.05) is 26.2 Å². The highest BCUT2D eigenvalue weighted by Gasteiger charge is 2.51. The Morgan fingerprint density at radius 2 is 0.848 bits per heavy atom. The number of amides is 19. The number of aliphatic carboxylic acids is 1. The number of hydrogen-bond donors (Lipinski definition) is 20. The van der Waals surface area contributed by atoms with E-state index in [0.29, 0.717) is 17.5 Å². The fourth-order valence-corrected chi connectivity index (χ4v) is 15.3. The number of carboxylic acids is 1. The number of primary amides is 2. The molecule has 3 heterocycles. The Balaban J connectivity index is 1.23. The lowest BCUT2D eigenvalue weighted by atomic mass is 9.94. The second-order valence-corrected chi connectivity index (χ2v) is 37.5. The van der Waals surface area contributed by atoms with Crippen molar-refractivity contribution >= 4 is 118 Å². The third kappa shape index (κ3) is 31.2. The van der Waals surface area contributed by atoms with E-state index >= 15 is 0 Å². The van der Waals surface area contributed by atoms with E-state index in [1.165, 1.54) is 92.9 Å². The molecule has 43 heteroatoms. The highest BCUT2D eigenvalue weighted by molar-refractivity contribution is 6.04. The van der Waals surface area contributed by atoms with Crippen LogP contribution in [0.4, 0.5) is 0 Å². The van der Waals surface area contributed by atoms with Gasteiger partial charge in [0.2, 0.25) is 112 Å². The van der Waals surface area contributed by atoms with E-state index in [4.69, 9.17) is 11.5 Å². The van der Waals surface area contributed by atoms with Crippen LogP contribution in [0, 0.1) is 11.8 Å². The van der Waals surface area contributed by atoms with Crippen LogP contribution in [-0.2, 0) is 109 Å². The van der Waals surface area contributed by atoms with Crippen LogP contribution in [0.25, 0.3) is 0 Å². The molecule has 3 fully saturated rings. The molecular weight excluding hydrogens is 1720 g/mol. The van der Waals surface area contributed by atoms with Crippen LogP contribution in [0.1, 0.15) is 213 Å². The second-order valence-electron chi connectivity index (χ2n) is 37.5. The predicted molar refractivity (Wildman–Crippen MR) is 477 cm³/mol. The molecule has 2 aromatic rings. The fourth-order valence-electron chi connectivity index (χ4n) is 15.3. The third-order valence-electron chi connectivity index (χ3n) is 23.5. The number of carbonyl (C=O) groups excluding carboxylic acids is 19. The first kappa shape index (κ1) is 110. The number of benzene rings is 2. The number of nitrogens with zero attached hydrogens (tertiary/aromatic N) is 3. The van der Waals surface area contributed by atoms with Gasteiger partial charge in [-0.3, -0.25) is 91.1 Å². The van der Waals surface area contributed by atoms with Gasteiger partial charge in [-0.1, -0.05) is 102 Å². The van der Waals surface area contributed by atoms with E-state index in [-0.39, 0.29) is 83.2 Å². The van der Waals surface area contributed by atoms with E-state index < -0.39 is 268 Å². The first-order valence-corrected chi connectivity index (χ1v) is 44.4. The van der Waals surface area contributed by atoms with Crippen LogP contribution in [0.3, 0.4) is 0 Å². The van der Waals surface area contributed by atoms with Crippen molar-refractivity contribution in [3.8, 4) is 0 Å². The smallest absolute Gasteiger partial charge is 0.328 e. The highest BCUT2D eigenvalue weighted by atomic mass is 16.4. The summed E-state index contributed by atoms with van der Waals surface area (Å²) in [4.78, 5) is 281. The van der Waals surface area contributed by atoms with Gasteiger partial charge in [-0.25, -0.2) is 4.79 Å². The zero-order chi connectivity index (χ0) is 99.8. The average molecular weight is 1860 g/mol. The molecule has 5 rings (SSSR count). The predicted octanol–water partition coefficient (Wildman–Crippen LogP) is -3.85. The lowest BCUT2D eigenvalue weighted by Crippen LogP contribution is -2.66. The molecule has 132 heavy (non-hydrogen) atoms. The van der Waals surface area contributed by atoms with Gasteiger partial charge < -0.3 is 121 Å². The molecule has 19 amide bonds. The summed E-state index contributed by atoms with van der Waals surface area (Å²) in [5.41, 5.74) is 1.08. The molecular formula is C89H137N19O24. The Labute approximate surface area is 768 Å². The molecule has 0 aliphatic carbocycles. The minimum Gasteiger partial charge on any atom is -0.480 e. The highest BCUT2D eigenvalue weighted by Crippen LogP contribution is 2.29. The van der Waals surface area contributed by atoms with Gasteiger partial charge in [0.05, 0.1) is 18.8 Å². The van der Waals surface area contributed by atoms with Crippen LogP contribution in [0.2, 0.25) is 0 Å². The van der Waals surface area contributed by atoms with Crippen molar-refractivity contribution in [2.45, 2.75) is 326 Å². The first-order valence-electron chi connectivity index (χ1n) is 44.4. The molecule has 0 aromatic heterocycles. The zero-order valence-electron chi connectivity index (χ0n) is 78.6. The molecule has 3 saturated heterocycles. The second kappa shape index (κ2) is 47.7. The topological polar surface area (TPSA) is 652 Å². The number of carbonyl (C=O) groups is 20. The molecule has 22 N–H and O–H groups in total. The molecule has 43 nitrogen and oxygen atoms in total. The van der Waals surface area contributed by atoms with Crippen LogP contribution in [0.15, 0.2) is 60.7 Å². The maximum absolute atomic E-state index is 14.8. The number of nitrogens with one attached hydrogen (secondary N) is 14. The summed E-state index contributed by atoms with van der Waals surface area (Å²) in [6.45, 7) is 23.7. The third-order valence-corrected chi connectivity index (χ3v) is 23.5. The molecule has 3 aliphatic heterocycles. The van der Waals surface area contributed by atoms with Crippen molar-refractivity contribution in [1.29, 1.82) is 0 Å². The maximum Gasteiger partial charge on any atom is 0.328 e. The molecule has 2 aromatic carbocycles. The Morgan fingerprint density at radius 1 is 0.439 bits per heavy atom. The van der Waals surface area contributed by atoms with Gasteiger partial charge in [0.15, 0.2) is 0 Å². The standard InChI is InChI=1S/C89H137N19O24/c1-19-48(5)65(99-79(128)85(10,11)100-69(117)55(36-38-64(91)114)96-80(129)89(18,20-2)105-71(119)58(92-50(7)111)43-52-31-25-22-26-32-52)75(123)98-66(49(6)110)76(124)104-84(8,9)78(127)97-56(41-47(3)4)70(118)102-86(12,13)81(130)106-39-27-33-60(106)72(120)93-54(35-37-63(90)113)68(116)101-88(16,17)83(132)108-45-53(112)44-62(108)74(122)103-87(14,15)82(131)107-40-28-34-61(107)73(121)94-57(42-51-29-23-21-24-30-51)67(115)95-59(46-109)77(125)126/h21-26,29-32,47-49,53-62,65-66,109-110,112H,19-20,27-28,33-46H2,1-18H3,(H2,90,113)(H2,91,114)(H,92,111)(H,93,120)(H,94,121)(H,95,115)(H,96,129)(H,97,127)(H,98,123)(H,99,128)(H,100,117)(H,101,116)(H,102,118)(H,103,122)(H,104,124)(H,105,119)(H,125,126)/t48-,49+,53?,54-,55-,56-,57-,58-,59-,60-,61-,62-,65-,66-,89-/m0/s1. The van der Waals surface area contributed by atoms with Crippen molar-refractivity contribution in [1.82, 2.24) is 89.1 Å². The van der Waals surface area contributed by atoms with Crippen molar-refractivity contribution in [3.63, 3.8) is 0 Å². The maximum atomic E-state index is 14.8. The van der Waals surface area contributed by atoms with E-state index in [9.17, 15) is 116 Å². The van der Waals surface area contributed by atoms with Crippen molar-refractivity contribution in [2.24, 2.45) is 23.3 Å². The van der Waals surface area contributed by atoms with Crippen molar-refractivity contribution < 1.29 is 116 Å². The van der Waals surface area contributed by atoms with Gasteiger partial charge in [-0.2, -0.15) is 0 Å². The first-order chi connectivity index (χ1) is 61.3. The van der Waals surface area contributed by atoms with Gasteiger partial charge in [0.1, 0.15) is 99.7 Å². The minimum atomic E-state index is -1.96. The van der Waals surface area contributed by atoms with Gasteiger partial charge in [0.25, 0.3) is 0 Å². The zero-order valence-corrected chi connectivity index (χ0v) is 78.6. The summed E-state index contributed by atoms with van der Waals surface area (Å²) < 4.78 is 0. The normalized spacial score (nSPS) is 18.6. The Bertz CT molecular complexity index is 4540. The van der Waals surface area contributed by atoms with Gasteiger partial charge in [-0.05, 0) is 157 Å². The number of β-amino-alcohol motifs (C(OH)–C–C–N with tert-alkyl or cyclic N) is 1. The molecule has 3 aliphatic rings. The number of aliphatic hydroxyl groups excluding tert-OH is 3. The Morgan fingerprint density at radius 3 is 1.28 bits per heavy atom. The summed E-state index contributed by atoms with van der Waals surface area (Å²) in [6.07, 6.45) is -4.26. The van der Waals surface area contributed by atoms with E-state index in [2.05, 4.69) is 74.4 Å². The lowest BCUT2D eigenvalue weighted by Gasteiger charge is -2.37. The Kier molecular flexibility index (Phi) is 39.8. The van der Waals surface area contributed by atoms with E-state index in [1.54, 1.807) is 95.3 Å². The minimum absolute atomic E-state index is 0.0238. The van der Waals surface area contributed by atoms with Crippen LogP contribution < -0.4 is 85.9 Å². The molecule has 1 unspecified atom stereocenters. The van der Waals surface area contributed by atoms with Crippen LogP contribution in [-0.4, -0.2) is 291 Å². The molecule has 0 spiro atoms. The molecule has 0 radical (unpaired) electrons. The fraction of sp³-hybridized carbons (Fsp3) is 0.640. The molecule has 732 valence electrons. The van der Waals surface area contributed by atoms with E-state index in [1.807, 2.05) is 0 Å². The quantitative estimate of drug-likeness (QED) is 0.0302. The summed E-state index contributed by atoms with van der Waals surface area (Å²) in [5, 5.41) is 77.1. The largest absolute Gasteiger partial charge is 0.480 e. The number of rotatable bonds is 48. The van der Waals surface area contributed by atoms with Crippen molar-refractivity contribution in [3.05, 3.63) is 71.8 Å². The molecule has 15 atom stereocenters. The van der Waals surface area contributed by atoms with Gasteiger partial charge in [-0.15, -0.1) is 0 Å². The number of hydrogen-bond acceptors (Lipinski definition) is 23. The average Bonchev–Trinajstić information content (AvgIpc) is 1.22. The number of nitrogens with two attached hydrogens (primary N) is 2.